The van der Waals surface area contributed by atoms with E-state index in [0.717, 1.165) is 24.1 Å². The number of fused-ring (bicyclic) bond motifs is 1. The maximum Gasteiger partial charge on any atom is 0.311 e. The van der Waals surface area contributed by atoms with E-state index in [4.69, 9.17) is 0 Å². The van der Waals surface area contributed by atoms with Gasteiger partial charge in [-0.15, -0.1) is 5.10 Å². The number of carbonyl (C=O) groups is 2. The number of amides is 1. The summed E-state index contributed by atoms with van der Waals surface area (Å²) in [7, 11) is 0. The van der Waals surface area contributed by atoms with Gasteiger partial charge in [0.05, 0.1) is 17.3 Å². The average molecular weight is 340 g/mol. The zero-order valence-electron chi connectivity index (χ0n) is 14.1. The largest absolute Gasteiger partial charge is 0.481 e. The molecule has 2 aromatic rings. The number of aliphatic carboxylic acids is 1. The van der Waals surface area contributed by atoms with Crippen LogP contribution in [0.4, 0.5) is 0 Å². The van der Waals surface area contributed by atoms with Gasteiger partial charge >= 0.3 is 5.97 Å². The number of rotatable bonds is 3. The van der Waals surface area contributed by atoms with Crippen LogP contribution in [0.25, 0.3) is 5.69 Å². The molecule has 1 saturated heterocycles. The smallest absolute Gasteiger partial charge is 0.311 e. The van der Waals surface area contributed by atoms with Gasteiger partial charge in [-0.1, -0.05) is 23.8 Å². The van der Waals surface area contributed by atoms with E-state index in [-0.39, 0.29) is 24.1 Å². The van der Waals surface area contributed by atoms with Crippen molar-refractivity contribution in [2.45, 2.75) is 26.2 Å². The number of hydrogen-bond donors (Lipinski definition) is 1. The summed E-state index contributed by atoms with van der Waals surface area (Å²) in [5, 5.41) is 17.7. The topological polar surface area (TPSA) is 88.3 Å². The molecule has 0 bridgehead atoms. The summed E-state index contributed by atoms with van der Waals surface area (Å²) in [4.78, 5) is 26.2. The minimum atomic E-state index is -0.784. The number of carboxylic acid groups (broad SMARTS) is 1. The van der Waals surface area contributed by atoms with Crippen molar-refractivity contribution in [3.8, 4) is 5.69 Å². The molecule has 1 aromatic heterocycles. The lowest BCUT2D eigenvalue weighted by Crippen LogP contribution is -2.37. The van der Waals surface area contributed by atoms with Crippen LogP contribution in [0.1, 0.15) is 35.3 Å². The van der Waals surface area contributed by atoms with Crippen LogP contribution in [-0.2, 0) is 4.79 Å². The van der Waals surface area contributed by atoms with Gasteiger partial charge in [0, 0.05) is 13.1 Å². The highest BCUT2D eigenvalue weighted by Crippen LogP contribution is 2.49. The average Bonchev–Trinajstić information content (AvgIpc) is 3.28. The van der Waals surface area contributed by atoms with Gasteiger partial charge in [-0.25, -0.2) is 4.68 Å². The van der Waals surface area contributed by atoms with Crippen LogP contribution in [0.3, 0.4) is 0 Å². The van der Waals surface area contributed by atoms with Gasteiger partial charge in [-0.05, 0) is 43.4 Å². The Hall–Kier alpha value is -2.70. The van der Waals surface area contributed by atoms with Gasteiger partial charge in [-0.2, -0.15) is 0 Å². The quantitative estimate of drug-likeness (QED) is 0.922. The Morgan fingerprint density at radius 3 is 2.92 bits per heavy atom. The fourth-order valence-corrected chi connectivity index (χ4v) is 4.21. The molecular weight excluding hydrogens is 320 g/mol. The van der Waals surface area contributed by atoms with Gasteiger partial charge < -0.3 is 10.0 Å². The van der Waals surface area contributed by atoms with Crippen LogP contribution in [0, 0.1) is 18.3 Å². The maximum atomic E-state index is 12.8. The molecule has 1 aromatic carbocycles. The Morgan fingerprint density at radius 2 is 2.20 bits per heavy atom. The first-order valence-corrected chi connectivity index (χ1v) is 8.52. The second kappa shape index (κ2) is 5.68. The summed E-state index contributed by atoms with van der Waals surface area (Å²) in [6, 6.07) is 7.77. The number of carboxylic acids is 1. The summed E-state index contributed by atoms with van der Waals surface area (Å²) in [6.07, 6.45) is 4.04. The SMILES string of the molecule is Cc1cccc(-n2cc(C(=O)N3C[C@@H]4CCC[C@@]4(C(=O)O)C3)nn2)c1. The standard InChI is InChI=1S/C18H20N4O3/c1-12-4-2-6-14(8-12)22-10-15(19-20-22)16(23)21-9-13-5-3-7-18(13,11-21)17(24)25/h2,4,6,8,10,13H,3,5,7,9,11H2,1H3,(H,24,25)/t13-,18+/m0/s1. The van der Waals surface area contributed by atoms with E-state index in [2.05, 4.69) is 10.3 Å². The van der Waals surface area contributed by atoms with E-state index in [1.165, 1.54) is 0 Å². The highest BCUT2D eigenvalue weighted by molar-refractivity contribution is 5.93. The van der Waals surface area contributed by atoms with Crippen molar-refractivity contribution in [1.82, 2.24) is 19.9 Å². The molecule has 2 fully saturated rings. The minimum absolute atomic E-state index is 0.0424. The molecule has 2 aliphatic rings. The Bertz CT molecular complexity index is 846. The summed E-state index contributed by atoms with van der Waals surface area (Å²) < 4.78 is 1.57. The molecule has 4 rings (SSSR count). The molecule has 7 nitrogen and oxygen atoms in total. The molecule has 0 spiro atoms. The van der Waals surface area contributed by atoms with Gasteiger partial charge in [0.15, 0.2) is 5.69 Å². The van der Waals surface area contributed by atoms with E-state index in [0.29, 0.717) is 13.0 Å². The molecule has 1 aliphatic carbocycles. The third-order valence-corrected chi connectivity index (χ3v) is 5.56. The first kappa shape index (κ1) is 15.8. The minimum Gasteiger partial charge on any atom is -0.481 e. The van der Waals surface area contributed by atoms with Crippen molar-refractivity contribution in [3.63, 3.8) is 0 Å². The zero-order valence-corrected chi connectivity index (χ0v) is 14.1. The second-order valence-corrected chi connectivity index (χ2v) is 7.12. The Morgan fingerprint density at radius 1 is 1.36 bits per heavy atom. The number of likely N-dealkylation sites (tertiary alicyclic amines) is 1. The molecule has 1 aliphatic heterocycles. The van der Waals surface area contributed by atoms with Gasteiger partial charge in [0.1, 0.15) is 0 Å². The molecule has 1 N–H and O–H groups in total. The van der Waals surface area contributed by atoms with E-state index in [9.17, 15) is 14.7 Å². The van der Waals surface area contributed by atoms with Crippen molar-refractivity contribution in [3.05, 3.63) is 41.7 Å². The molecule has 0 unspecified atom stereocenters. The summed E-state index contributed by atoms with van der Waals surface area (Å²) in [5.41, 5.74) is 1.41. The normalized spacial score (nSPS) is 25.2. The number of carbonyl (C=O) groups excluding carboxylic acids is 1. The van der Waals surface area contributed by atoms with Crippen molar-refractivity contribution in [1.29, 1.82) is 0 Å². The fourth-order valence-electron chi connectivity index (χ4n) is 4.21. The van der Waals surface area contributed by atoms with Crippen LogP contribution in [-0.4, -0.2) is 50.0 Å². The van der Waals surface area contributed by atoms with Gasteiger partial charge in [0.25, 0.3) is 5.91 Å². The van der Waals surface area contributed by atoms with Crippen LogP contribution in [0.15, 0.2) is 30.5 Å². The number of aryl methyl sites for hydroxylation is 1. The Balaban J connectivity index is 1.56. The second-order valence-electron chi connectivity index (χ2n) is 7.12. The third kappa shape index (κ3) is 2.50. The Kier molecular flexibility index (Phi) is 3.59. The van der Waals surface area contributed by atoms with E-state index < -0.39 is 11.4 Å². The predicted molar refractivity (Wildman–Crippen MR) is 89.4 cm³/mol. The molecule has 1 saturated carbocycles. The van der Waals surface area contributed by atoms with Crippen molar-refractivity contribution < 1.29 is 14.7 Å². The lowest BCUT2D eigenvalue weighted by molar-refractivity contribution is -0.149. The molecule has 130 valence electrons. The monoisotopic (exact) mass is 340 g/mol. The van der Waals surface area contributed by atoms with Crippen LogP contribution >= 0.6 is 0 Å². The highest BCUT2D eigenvalue weighted by atomic mass is 16.4. The van der Waals surface area contributed by atoms with Gasteiger partial charge in [0.2, 0.25) is 0 Å². The molecule has 1 amide bonds. The van der Waals surface area contributed by atoms with E-state index >= 15 is 0 Å². The summed E-state index contributed by atoms with van der Waals surface area (Å²) in [6.45, 7) is 2.74. The lowest BCUT2D eigenvalue weighted by Gasteiger charge is -2.22. The van der Waals surface area contributed by atoms with Crippen molar-refractivity contribution in [2.24, 2.45) is 11.3 Å². The van der Waals surface area contributed by atoms with Crippen molar-refractivity contribution >= 4 is 11.9 Å². The molecule has 2 heterocycles. The van der Waals surface area contributed by atoms with Gasteiger partial charge in [-0.3, -0.25) is 9.59 Å². The molecule has 7 heteroatoms. The molecule has 2 atom stereocenters. The summed E-state index contributed by atoms with van der Waals surface area (Å²) >= 11 is 0. The number of aromatic nitrogens is 3. The van der Waals surface area contributed by atoms with Crippen LogP contribution in [0.2, 0.25) is 0 Å². The number of hydrogen-bond acceptors (Lipinski definition) is 4. The van der Waals surface area contributed by atoms with Crippen LogP contribution < -0.4 is 0 Å². The molecular formula is C18H20N4O3. The first-order chi connectivity index (χ1) is 12.0. The first-order valence-electron chi connectivity index (χ1n) is 8.52. The molecule has 0 radical (unpaired) electrons. The van der Waals surface area contributed by atoms with E-state index in [1.807, 2.05) is 31.2 Å². The highest BCUT2D eigenvalue weighted by Gasteiger charge is 2.56. The van der Waals surface area contributed by atoms with E-state index in [1.54, 1.807) is 15.8 Å². The number of benzene rings is 1. The van der Waals surface area contributed by atoms with Crippen molar-refractivity contribution in [2.75, 3.05) is 13.1 Å². The number of nitrogens with zero attached hydrogens (tertiary/aromatic N) is 4. The fraction of sp³-hybridized carbons (Fsp3) is 0.444. The maximum absolute atomic E-state index is 12.8. The lowest BCUT2D eigenvalue weighted by atomic mass is 9.81. The molecule has 25 heavy (non-hydrogen) atoms. The predicted octanol–water partition coefficient (Wildman–Crippen LogP) is 1.90. The Labute approximate surface area is 145 Å². The zero-order chi connectivity index (χ0) is 17.6. The summed E-state index contributed by atoms with van der Waals surface area (Å²) in [5.74, 6) is -0.983. The third-order valence-electron chi connectivity index (χ3n) is 5.56. The van der Waals surface area contributed by atoms with Crippen LogP contribution in [0.5, 0.6) is 0 Å².